The lowest BCUT2D eigenvalue weighted by Crippen LogP contribution is -2.57. The fourth-order valence-corrected chi connectivity index (χ4v) is 4.63. The zero-order valence-corrected chi connectivity index (χ0v) is 14.7. The summed E-state index contributed by atoms with van der Waals surface area (Å²) in [5.41, 5.74) is 0.674. The number of thioether (sulfide) groups is 1. The fraction of sp³-hybridized carbons (Fsp3) is 0.421. The molecule has 0 saturated carbocycles. The third-order valence-corrected chi connectivity index (χ3v) is 6.37. The van der Waals surface area contributed by atoms with E-state index in [0.29, 0.717) is 11.5 Å². The molecule has 1 aromatic rings. The van der Waals surface area contributed by atoms with E-state index in [9.17, 15) is 9.59 Å². The molecule has 5 rings (SSSR count). The van der Waals surface area contributed by atoms with Gasteiger partial charge in [0, 0.05) is 29.2 Å². The molecule has 0 aromatic heterocycles. The number of carbonyl (C=O) groups is 2. The first-order valence-electron chi connectivity index (χ1n) is 8.73. The summed E-state index contributed by atoms with van der Waals surface area (Å²) in [5.74, 6) is 0.613. The third kappa shape index (κ3) is 3.70. The van der Waals surface area contributed by atoms with Crippen LogP contribution in [0.5, 0.6) is 0 Å². The van der Waals surface area contributed by atoms with Crippen molar-refractivity contribution in [2.24, 2.45) is 10.9 Å². The van der Waals surface area contributed by atoms with E-state index >= 15 is 0 Å². The molecule has 0 aliphatic carbocycles. The molecule has 2 atom stereocenters. The van der Waals surface area contributed by atoms with Crippen molar-refractivity contribution in [3.63, 3.8) is 0 Å². The van der Waals surface area contributed by atoms with Gasteiger partial charge in [-0.2, -0.15) is 0 Å². The Morgan fingerprint density at radius 2 is 1.96 bits per heavy atom. The monoisotopic (exact) mass is 355 g/mol. The number of amides is 1. The van der Waals surface area contributed by atoms with Gasteiger partial charge in [-0.3, -0.25) is 14.6 Å². The number of rotatable bonds is 4. The van der Waals surface area contributed by atoms with E-state index in [1.165, 1.54) is 43.9 Å². The van der Waals surface area contributed by atoms with Gasteiger partial charge >= 0.3 is 0 Å². The van der Waals surface area contributed by atoms with Crippen LogP contribution in [0.25, 0.3) is 0 Å². The molecule has 4 aliphatic rings. The van der Waals surface area contributed by atoms with Crippen molar-refractivity contribution < 1.29 is 9.59 Å². The summed E-state index contributed by atoms with van der Waals surface area (Å²) in [5, 5.41) is 2.97. The lowest BCUT2D eigenvalue weighted by molar-refractivity contribution is -0.111. The Hall–Kier alpha value is -1.92. The van der Waals surface area contributed by atoms with Crippen molar-refractivity contribution in [2.75, 3.05) is 19.6 Å². The number of benzene rings is 1. The van der Waals surface area contributed by atoms with Crippen LogP contribution in [0.3, 0.4) is 0 Å². The first-order valence-corrected chi connectivity index (χ1v) is 9.60. The Balaban J connectivity index is 1.36. The van der Waals surface area contributed by atoms with E-state index in [0.717, 1.165) is 11.4 Å². The molecular weight excluding hydrogens is 334 g/mol. The highest BCUT2D eigenvalue weighted by molar-refractivity contribution is 8.01. The third-order valence-electron chi connectivity index (χ3n) is 5.18. The van der Waals surface area contributed by atoms with Crippen LogP contribution in [-0.2, 0) is 4.79 Å². The van der Waals surface area contributed by atoms with Gasteiger partial charge in [-0.1, -0.05) is 0 Å². The second-order valence-electron chi connectivity index (χ2n) is 6.80. The summed E-state index contributed by atoms with van der Waals surface area (Å²) >= 11 is 1.47. The average Bonchev–Trinajstić information content (AvgIpc) is 2.65. The summed E-state index contributed by atoms with van der Waals surface area (Å²) in [7, 11) is 0. The van der Waals surface area contributed by atoms with Crippen LogP contribution in [0.15, 0.2) is 46.4 Å². The Morgan fingerprint density at radius 3 is 2.60 bits per heavy atom. The lowest BCUT2D eigenvalue weighted by atomic mass is 9.84. The van der Waals surface area contributed by atoms with Gasteiger partial charge in [0.05, 0.1) is 11.5 Å². The predicted molar refractivity (Wildman–Crippen MR) is 99.1 cm³/mol. The highest BCUT2D eigenvalue weighted by Gasteiger charge is 2.34. The largest absolute Gasteiger partial charge is 0.348 e. The summed E-state index contributed by atoms with van der Waals surface area (Å²) in [6, 6.07) is 7.76. The smallest absolute Gasteiger partial charge is 0.251 e. The summed E-state index contributed by atoms with van der Waals surface area (Å²) in [4.78, 5) is 31.5. The van der Waals surface area contributed by atoms with Crippen molar-refractivity contribution >= 4 is 29.7 Å². The quantitative estimate of drug-likeness (QED) is 0.899. The topological polar surface area (TPSA) is 61.8 Å². The number of ketones is 1. The van der Waals surface area contributed by atoms with Crippen LogP contribution in [0, 0.1) is 5.92 Å². The maximum Gasteiger partial charge on any atom is 0.251 e. The first-order chi connectivity index (χ1) is 12.2. The van der Waals surface area contributed by atoms with Gasteiger partial charge in [0.25, 0.3) is 5.91 Å². The number of nitrogens with one attached hydrogen (secondary N) is 1. The van der Waals surface area contributed by atoms with Gasteiger partial charge in [0.15, 0.2) is 5.78 Å². The molecule has 3 fully saturated rings. The zero-order chi connectivity index (χ0) is 17.2. The number of aliphatic imine (C=N–C) groups is 1. The minimum absolute atomic E-state index is 0.00308. The van der Waals surface area contributed by atoms with Crippen molar-refractivity contribution in [3.05, 3.63) is 42.1 Å². The lowest BCUT2D eigenvalue weighted by Gasteiger charge is -2.44. The minimum Gasteiger partial charge on any atom is -0.348 e. The number of nitrogens with zero attached hydrogens (tertiary/aromatic N) is 2. The van der Waals surface area contributed by atoms with Crippen LogP contribution in [0.4, 0.5) is 0 Å². The van der Waals surface area contributed by atoms with Gasteiger partial charge in [-0.25, -0.2) is 0 Å². The Morgan fingerprint density at radius 1 is 1.20 bits per heavy atom. The molecule has 0 spiro atoms. The van der Waals surface area contributed by atoms with E-state index in [2.05, 4.69) is 15.2 Å². The maximum absolute atomic E-state index is 12.5. The van der Waals surface area contributed by atoms with E-state index in [1.54, 1.807) is 12.3 Å². The summed E-state index contributed by atoms with van der Waals surface area (Å²) in [6.45, 7) is 3.31. The van der Waals surface area contributed by atoms with E-state index in [4.69, 9.17) is 0 Å². The maximum atomic E-state index is 12.5. The van der Waals surface area contributed by atoms with Crippen molar-refractivity contribution in [1.29, 1.82) is 0 Å². The van der Waals surface area contributed by atoms with E-state index in [1.807, 2.05) is 24.3 Å². The van der Waals surface area contributed by atoms with E-state index in [-0.39, 0.29) is 23.0 Å². The van der Waals surface area contributed by atoms with Crippen molar-refractivity contribution in [2.45, 2.75) is 29.0 Å². The summed E-state index contributed by atoms with van der Waals surface area (Å²) in [6.07, 6.45) is 7.17. The molecular formula is C19H21N3O2S. The number of piperidine rings is 3. The molecule has 5 nitrogen and oxygen atoms in total. The molecule has 1 amide bonds. The molecule has 130 valence electrons. The van der Waals surface area contributed by atoms with E-state index < -0.39 is 0 Å². The highest BCUT2D eigenvalue weighted by atomic mass is 32.2. The molecule has 3 saturated heterocycles. The number of fused-ring (bicyclic) bond motifs is 3. The van der Waals surface area contributed by atoms with Crippen LogP contribution >= 0.6 is 11.8 Å². The molecule has 4 heterocycles. The summed E-state index contributed by atoms with van der Waals surface area (Å²) < 4.78 is 0. The predicted octanol–water partition coefficient (Wildman–Crippen LogP) is 2.14. The fourth-order valence-electron chi connectivity index (χ4n) is 3.72. The molecule has 4 aliphatic heterocycles. The first kappa shape index (κ1) is 16.5. The molecule has 1 N–H and O–H groups in total. The Kier molecular flexibility index (Phi) is 4.72. The normalized spacial score (nSPS) is 30.5. The number of Topliss-reactive ketones (excluding diaryl/α,β-unsaturated/α-hetero) is 1. The van der Waals surface area contributed by atoms with Gasteiger partial charge < -0.3 is 10.2 Å². The van der Waals surface area contributed by atoms with Crippen LogP contribution in [-0.4, -0.2) is 53.7 Å². The Bertz CT molecular complexity index is 721. The molecule has 25 heavy (non-hydrogen) atoms. The minimum atomic E-state index is -0.232. The number of hydrogen-bond donors (Lipinski definition) is 1. The number of hydrogen-bond acceptors (Lipinski definition) is 5. The van der Waals surface area contributed by atoms with Crippen LogP contribution in [0.2, 0.25) is 0 Å². The molecule has 1 unspecified atom stereocenters. The second kappa shape index (κ2) is 7.14. The SMILES string of the molecule is O=C(N[C@H]1CN2CCC1CC2)c1ccc(SC2C=CN=CC2=O)cc1. The van der Waals surface area contributed by atoms with Gasteiger partial charge in [0.1, 0.15) is 0 Å². The zero-order valence-electron chi connectivity index (χ0n) is 13.9. The van der Waals surface area contributed by atoms with Gasteiger partial charge in [0.2, 0.25) is 0 Å². The van der Waals surface area contributed by atoms with Crippen molar-refractivity contribution in [1.82, 2.24) is 10.2 Å². The van der Waals surface area contributed by atoms with Crippen LogP contribution in [0.1, 0.15) is 23.2 Å². The number of carbonyl (C=O) groups excluding carboxylic acids is 2. The Labute approximate surface area is 151 Å². The molecule has 2 bridgehead atoms. The molecule has 6 heteroatoms. The second-order valence-corrected chi connectivity index (χ2v) is 8.02. The molecule has 0 radical (unpaired) electrons. The van der Waals surface area contributed by atoms with Crippen LogP contribution < -0.4 is 5.32 Å². The van der Waals surface area contributed by atoms with Crippen molar-refractivity contribution in [3.8, 4) is 0 Å². The van der Waals surface area contributed by atoms with Gasteiger partial charge in [-0.15, -0.1) is 11.8 Å². The highest BCUT2D eigenvalue weighted by Crippen LogP contribution is 2.28. The molecule has 1 aromatic carbocycles. The van der Waals surface area contributed by atoms with Gasteiger partial charge in [-0.05, 0) is 62.2 Å². The standard InChI is InChI=1S/C19H21N3O2S/c23-17-11-20-8-5-18(17)25-15-3-1-14(2-4-15)19(24)21-16-12-22-9-6-13(16)7-10-22/h1-5,8,11,13,16,18H,6-7,9-10,12H2,(H,21,24)/t16-,18?/m0/s1. The average molecular weight is 355 g/mol.